The van der Waals surface area contributed by atoms with Crippen LogP contribution in [0.2, 0.25) is 0 Å². The van der Waals surface area contributed by atoms with Crippen molar-refractivity contribution in [3.05, 3.63) is 71.5 Å². The maximum absolute atomic E-state index is 13.1. The lowest BCUT2D eigenvalue weighted by atomic mass is 10.1. The molecular formula is C19H20FN3O2. The summed E-state index contributed by atoms with van der Waals surface area (Å²) in [6.07, 6.45) is -1.10. The van der Waals surface area contributed by atoms with Crippen molar-refractivity contribution >= 4 is 11.9 Å². The molecule has 1 heterocycles. The first-order valence-electron chi connectivity index (χ1n) is 8.08. The number of aliphatic hydroxyl groups is 1. The maximum atomic E-state index is 13.1. The van der Waals surface area contributed by atoms with E-state index in [1.54, 1.807) is 24.1 Å². The van der Waals surface area contributed by atoms with E-state index < -0.39 is 12.0 Å². The number of β-amino-alcohol motifs (C(OH)–C–C–N with tert-alkyl or cyclic N) is 1. The second-order valence-corrected chi connectivity index (χ2v) is 6.05. The van der Waals surface area contributed by atoms with E-state index in [9.17, 15) is 14.3 Å². The molecule has 130 valence electrons. The van der Waals surface area contributed by atoms with E-state index >= 15 is 0 Å². The molecule has 0 radical (unpaired) electrons. The molecule has 25 heavy (non-hydrogen) atoms. The standard InChI is InChI=1S/C19H20FN3O2/c1-22-13-17(24)18(25)23(12-15-7-9-16(20)10-8-15)19(22)21-11-14-5-3-2-4-6-14/h2-10,17,24H,11-13H2,1H3. The Morgan fingerprint density at radius 2 is 1.80 bits per heavy atom. The van der Waals surface area contributed by atoms with Gasteiger partial charge in [-0.1, -0.05) is 42.5 Å². The van der Waals surface area contributed by atoms with Crippen LogP contribution in [0.1, 0.15) is 11.1 Å². The van der Waals surface area contributed by atoms with Crippen molar-refractivity contribution in [3.63, 3.8) is 0 Å². The van der Waals surface area contributed by atoms with Crippen molar-refractivity contribution < 1.29 is 14.3 Å². The molecule has 1 aliphatic rings. The average Bonchev–Trinajstić information content (AvgIpc) is 2.61. The number of carbonyl (C=O) groups excluding carboxylic acids is 1. The van der Waals surface area contributed by atoms with Gasteiger partial charge in [0.1, 0.15) is 5.82 Å². The molecule has 0 saturated carbocycles. The molecule has 1 atom stereocenters. The van der Waals surface area contributed by atoms with Crippen molar-refractivity contribution in [1.82, 2.24) is 9.80 Å². The molecule has 3 rings (SSSR count). The molecule has 0 spiro atoms. The summed E-state index contributed by atoms with van der Waals surface area (Å²) in [7, 11) is 1.79. The smallest absolute Gasteiger partial charge is 0.260 e. The Hall–Kier alpha value is -2.73. The van der Waals surface area contributed by atoms with Gasteiger partial charge >= 0.3 is 0 Å². The van der Waals surface area contributed by atoms with Crippen LogP contribution in [-0.2, 0) is 17.9 Å². The van der Waals surface area contributed by atoms with Gasteiger partial charge in [0.25, 0.3) is 5.91 Å². The number of carbonyl (C=O) groups is 1. The fraction of sp³-hybridized carbons (Fsp3) is 0.263. The van der Waals surface area contributed by atoms with Crippen LogP contribution in [0.25, 0.3) is 0 Å². The van der Waals surface area contributed by atoms with E-state index in [1.807, 2.05) is 30.3 Å². The first-order chi connectivity index (χ1) is 12.0. The highest BCUT2D eigenvalue weighted by molar-refractivity contribution is 6.01. The van der Waals surface area contributed by atoms with E-state index in [1.165, 1.54) is 17.0 Å². The predicted molar refractivity (Wildman–Crippen MR) is 93.2 cm³/mol. The predicted octanol–water partition coefficient (Wildman–Crippen LogP) is 2.02. The quantitative estimate of drug-likeness (QED) is 0.926. The van der Waals surface area contributed by atoms with Gasteiger partial charge in [-0.15, -0.1) is 0 Å². The average molecular weight is 341 g/mol. The van der Waals surface area contributed by atoms with Gasteiger partial charge in [-0.05, 0) is 23.3 Å². The van der Waals surface area contributed by atoms with Crippen molar-refractivity contribution in [2.45, 2.75) is 19.2 Å². The van der Waals surface area contributed by atoms with Crippen LogP contribution >= 0.6 is 0 Å². The summed E-state index contributed by atoms with van der Waals surface area (Å²) >= 11 is 0. The number of likely N-dealkylation sites (N-methyl/N-ethyl adjacent to an activating group) is 1. The van der Waals surface area contributed by atoms with Gasteiger partial charge in [0.2, 0.25) is 5.96 Å². The Morgan fingerprint density at radius 1 is 1.12 bits per heavy atom. The van der Waals surface area contributed by atoms with Crippen molar-refractivity contribution in [2.24, 2.45) is 4.99 Å². The second kappa shape index (κ2) is 7.44. The molecule has 1 unspecified atom stereocenters. The molecule has 2 aromatic rings. The molecule has 1 amide bonds. The molecule has 0 aliphatic carbocycles. The van der Waals surface area contributed by atoms with Gasteiger partial charge in [-0.2, -0.15) is 0 Å². The second-order valence-electron chi connectivity index (χ2n) is 6.05. The highest BCUT2D eigenvalue weighted by Crippen LogP contribution is 2.16. The lowest BCUT2D eigenvalue weighted by Gasteiger charge is -2.38. The first kappa shape index (κ1) is 17.1. The normalized spacial score (nSPS) is 19.6. The number of aliphatic imine (C=N–C) groups is 1. The molecule has 1 N–H and O–H groups in total. The van der Waals surface area contributed by atoms with E-state index in [2.05, 4.69) is 4.99 Å². The Balaban J connectivity index is 1.85. The molecule has 1 aliphatic heterocycles. The number of hydrogen-bond acceptors (Lipinski definition) is 3. The zero-order valence-electron chi connectivity index (χ0n) is 14.0. The van der Waals surface area contributed by atoms with Crippen LogP contribution in [0.4, 0.5) is 4.39 Å². The van der Waals surface area contributed by atoms with Crippen LogP contribution in [0, 0.1) is 5.82 Å². The van der Waals surface area contributed by atoms with Crippen molar-refractivity contribution in [2.75, 3.05) is 13.6 Å². The summed E-state index contributed by atoms with van der Waals surface area (Å²) in [5, 5.41) is 10.00. The third-order valence-electron chi connectivity index (χ3n) is 4.08. The number of amides is 1. The van der Waals surface area contributed by atoms with Crippen molar-refractivity contribution in [3.8, 4) is 0 Å². The Kier molecular flexibility index (Phi) is 5.09. The fourth-order valence-electron chi connectivity index (χ4n) is 2.78. The van der Waals surface area contributed by atoms with E-state index in [0.29, 0.717) is 12.5 Å². The lowest BCUT2D eigenvalue weighted by Crippen LogP contribution is -2.58. The SMILES string of the molecule is CN1CC(O)C(=O)N(Cc2ccc(F)cc2)C1=NCc1ccccc1. The summed E-state index contributed by atoms with van der Waals surface area (Å²) in [6, 6.07) is 15.7. The molecule has 1 saturated heterocycles. The van der Waals surface area contributed by atoms with Gasteiger partial charge in [0, 0.05) is 7.05 Å². The number of hydrogen-bond donors (Lipinski definition) is 1. The third-order valence-corrected chi connectivity index (χ3v) is 4.08. The van der Waals surface area contributed by atoms with Gasteiger partial charge in [0.05, 0.1) is 19.6 Å². The van der Waals surface area contributed by atoms with E-state index in [0.717, 1.165) is 11.1 Å². The van der Waals surface area contributed by atoms with Crippen LogP contribution in [0.15, 0.2) is 59.6 Å². The third kappa shape index (κ3) is 4.03. The van der Waals surface area contributed by atoms with Crippen LogP contribution in [0.5, 0.6) is 0 Å². The van der Waals surface area contributed by atoms with Crippen LogP contribution in [-0.4, -0.2) is 46.5 Å². The van der Waals surface area contributed by atoms with Crippen LogP contribution < -0.4 is 0 Å². The summed E-state index contributed by atoms with van der Waals surface area (Å²) in [5.41, 5.74) is 1.80. The topological polar surface area (TPSA) is 56.1 Å². The zero-order chi connectivity index (χ0) is 17.8. The minimum absolute atomic E-state index is 0.201. The molecule has 0 bridgehead atoms. The lowest BCUT2D eigenvalue weighted by molar-refractivity contribution is -0.140. The van der Waals surface area contributed by atoms with Gasteiger partial charge < -0.3 is 10.0 Å². The number of aliphatic hydroxyl groups excluding tert-OH is 1. The van der Waals surface area contributed by atoms with Crippen molar-refractivity contribution in [1.29, 1.82) is 0 Å². The summed E-state index contributed by atoms with van der Waals surface area (Å²) in [5.74, 6) is -0.221. The summed E-state index contributed by atoms with van der Waals surface area (Å²) in [6.45, 7) is 0.865. The van der Waals surface area contributed by atoms with Gasteiger partial charge in [0.15, 0.2) is 6.10 Å². The van der Waals surface area contributed by atoms with Crippen LogP contribution in [0.3, 0.4) is 0 Å². The molecule has 6 heteroatoms. The zero-order valence-corrected chi connectivity index (χ0v) is 14.0. The molecule has 0 aromatic heterocycles. The van der Waals surface area contributed by atoms with E-state index in [4.69, 9.17) is 0 Å². The first-order valence-corrected chi connectivity index (χ1v) is 8.08. The highest BCUT2D eigenvalue weighted by atomic mass is 19.1. The Morgan fingerprint density at radius 3 is 2.48 bits per heavy atom. The molecular weight excluding hydrogens is 321 g/mol. The largest absolute Gasteiger partial charge is 0.381 e. The highest BCUT2D eigenvalue weighted by Gasteiger charge is 2.34. The Labute approximate surface area is 146 Å². The maximum Gasteiger partial charge on any atom is 0.260 e. The van der Waals surface area contributed by atoms with E-state index in [-0.39, 0.29) is 18.9 Å². The molecule has 5 nitrogen and oxygen atoms in total. The minimum Gasteiger partial charge on any atom is -0.381 e. The van der Waals surface area contributed by atoms with Gasteiger partial charge in [-0.25, -0.2) is 9.38 Å². The number of nitrogens with zero attached hydrogens (tertiary/aromatic N) is 3. The van der Waals surface area contributed by atoms with Gasteiger partial charge in [-0.3, -0.25) is 9.69 Å². The molecule has 2 aromatic carbocycles. The number of halogens is 1. The molecule has 1 fully saturated rings. The number of benzene rings is 2. The Bertz CT molecular complexity index is 762. The number of rotatable bonds is 4. The monoisotopic (exact) mass is 341 g/mol. The number of guanidine groups is 1. The summed E-state index contributed by atoms with van der Waals surface area (Å²) < 4.78 is 13.1. The fourth-order valence-corrected chi connectivity index (χ4v) is 2.78. The summed E-state index contributed by atoms with van der Waals surface area (Å²) in [4.78, 5) is 20.2. The minimum atomic E-state index is -1.10.